The lowest BCUT2D eigenvalue weighted by molar-refractivity contribution is -0.136. The normalized spacial score (nSPS) is 15.3. The van der Waals surface area contributed by atoms with Crippen molar-refractivity contribution in [2.24, 2.45) is 4.99 Å². The topological polar surface area (TPSA) is 69.9 Å². The van der Waals surface area contributed by atoms with Crippen LogP contribution in [0.15, 0.2) is 68.0 Å². The first kappa shape index (κ1) is 25.4. The summed E-state index contributed by atoms with van der Waals surface area (Å²) in [6.45, 7) is 2.03. The van der Waals surface area contributed by atoms with Crippen LogP contribution < -0.4 is 19.6 Å². The van der Waals surface area contributed by atoms with Gasteiger partial charge in [-0.25, -0.2) is 9.79 Å². The van der Waals surface area contributed by atoms with Crippen molar-refractivity contribution in [1.29, 1.82) is 0 Å². The third kappa shape index (κ3) is 5.01. The zero-order valence-corrected chi connectivity index (χ0v) is 23.4. The second-order valence-corrected chi connectivity index (χ2v) is 10.6. The maximum Gasteiger partial charge on any atom is 0.338 e. The number of carbonyl (C=O) groups is 1. The summed E-state index contributed by atoms with van der Waals surface area (Å²) in [6.07, 6.45) is 7.69. The van der Waals surface area contributed by atoms with E-state index in [0.717, 1.165) is 13.6 Å². The van der Waals surface area contributed by atoms with Gasteiger partial charge in [0.25, 0.3) is 5.56 Å². The number of ether oxygens (including phenoxy) is 2. The fourth-order valence-electron chi connectivity index (χ4n) is 3.91. The first-order valence-corrected chi connectivity index (χ1v) is 13.3. The average molecular weight is 663 g/mol. The van der Waals surface area contributed by atoms with Crippen LogP contribution in [0, 0.1) is 15.9 Å². The second kappa shape index (κ2) is 10.9. The number of aromatic nitrogens is 1. The van der Waals surface area contributed by atoms with Crippen molar-refractivity contribution in [1.82, 2.24) is 4.57 Å². The van der Waals surface area contributed by atoms with Crippen LogP contribution in [0.3, 0.4) is 0 Å². The van der Waals surface area contributed by atoms with E-state index in [4.69, 9.17) is 20.9 Å². The Bertz CT molecular complexity index is 1550. The van der Waals surface area contributed by atoms with Gasteiger partial charge in [0.2, 0.25) is 0 Å². The smallest absolute Gasteiger partial charge is 0.338 e. The molecule has 0 fully saturated rings. The Hall–Kier alpha value is -2.68. The summed E-state index contributed by atoms with van der Waals surface area (Å²) in [4.78, 5) is 31.8. The molecule has 1 aliphatic heterocycles. The molecule has 6 nitrogen and oxygen atoms in total. The highest BCUT2D eigenvalue weighted by molar-refractivity contribution is 14.1. The quantitative estimate of drug-likeness (QED) is 0.226. The highest BCUT2D eigenvalue weighted by Crippen LogP contribution is 2.32. The van der Waals surface area contributed by atoms with Crippen molar-refractivity contribution >= 4 is 61.9 Å². The summed E-state index contributed by atoms with van der Waals surface area (Å²) in [5.41, 5.74) is 2.24. The summed E-state index contributed by atoms with van der Waals surface area (Å²) in [6, 6.07) is 12.6. The third-order valence-corrected chi connectivity index (χ3v) is 7.63. The minimum Gasteiger partial charge on any atom is -0.479 e. The van der Waals surface area contributed by atoms with Crippen molar-refractivity contribution in [2.45, 2.75) is 19.4 Å². The number of hydrogen-bond donors (Lipinski definition) is 0. The van der Waals surface area contributed by atoms with E-state index in [9.17, 15) is 9.59 Å². The molecule has 2 heterocycles. The number of hydrogen-bond acceptors (Lipinski definition) is 6. The van der Waals surface area contributed by atoms with Gasteiger partial charge in [-0.2, -0.15) is 0 Å². The Morgan fingerprint density at radius 3 is 2.74 bits per heavy atom. The summed E-state index contributed by atoms with van der Waals surface area (Å²) in [5, 5.41) is 0. The molecule has 9 heteroatoms. The van der Waals surface area contributed by atoms with Crippen molar-refractivity contribution in [2.75, 3.05) is 13.7 Å². The molecule has 0 unspecified atom stereocenters. The number of carbonyl (C=O) groups excluding carboxylic acids is 1. The predicted molar refractivity (Wildman–Crippen MR) is 148 cm³/mol. The molecule has 0 radical (unpaired) electrons. The van der Waals surface area contributed by atoms with Crippen LogP contribution in [0.1, 0.15) is 30.5 Å². The van der Waals surface area contributed by atoms with Gasteiger partial charge in [-0.15, -0.1) is 6.42 Å². The molecule has 0 saturated heterocycles. The Morgan fingerprint density at radius 2 is 2.09 bits per heavy atom. The number of halogens is 2. The number of thiazole rings is 1. The molecule has 3 aromatic rings. The largest absolute Gasteiger partial charge is 0.479 e. The van der Waals surface area contributed by atoms with E-state index in [-0.39, 0.29) is 12.2 Å². The van der Waals surface area contributed by atoms with Gasteiger partial charge in [0, 0.05) is 10.0 Å². The molecule has 0 amide bonds. The monoisotopic (exact) mass is 662 g/mol. The highest BCUT2D eigenvalue weighted by Gasteiger charge is 2.33. The summed E-state index contributed by atoms with van der Waals surface area (Å²) in [5.74, 6) is 2.58. The number of nitrogens with zero attached hydrogens (tertiary/aromatic N) is 2. The van der Waals surface area contributed by atoms with Crippen LogP contribution in [0.2, 0.25) is 0 Å². The SMILES string of the molecule is C#CCOc1c(I)cc(Br)cc1/C=c1/sc2n(c1=O)[C@H](c1ccccc1)C(C(=O)OC)=C(CC)N=2. The molecule has 4 rings (SSSR count). The van der Waals surface area contributed by atoms with Gasteiger partial charge >= 0.3 is 5.97 Å². The fraction of sp³-hybridized carbons (Fsp3) is 0.192. The second-order valence-electron chi connectivity index (χ2n) is 7.50. The third-order valence-electron chi connectivity index (χ3n) is 5.39. The molecule has 0 N–H and O–H groups in total. The Labute approximate surface area is 228 Å². The standard InChI is InChI=1S/C26H20BrIN2O4S/c1-4-11-34-23-16(12-17(27)14-18(23)28)13-20-24(31)30-22(15-9-7-6-8-10-15)21(25(32)33-3)19(5-2)29-26(30)35-20/h1,6-10,12-14,22H,5,11H2,2-3H3/b20-13+/t22-/m1/s1. The van der Waals surface area contributed by atoms with E-state index < -0.39 is 12.0 Å². The Morgan fingerprint density at radius 1 is 1.34 bits per heavy atom. The number of rotatable bonds is 6. The molecule has 0 saturated carbocycles. The minimum absolute atomic E-state index is 0.107. The molecule has 1 aliphatic rings. The van der Waals surface area contributed by atoms with E-state index in [1.54, 1.807) is 10.6 Å². The maximum atomic E-state index is 13.8. The Kier molecular flexibility index (Phi) is 7.94. The molecule has 1 aromatic heterocycles. The Balaban J connectivity index is 2.00. The molecule has 2 aromatic carbocycles. The van der Waals surface area contributed by atoms with Gasteiger partial charge in [-0.05, 0) is 52.8 Å². The summed E-state index contributed by atoms with van der Waals surface area (Å²) in [7, 11) is 1.34. The lowest BCUT2D eigenvalue weighted by Gasteiger charge is -2.25. The lowest BCUT2D eigenvalue weighted by atomic mass is 9.95. The van der Waals surface area contributed by atoms with E-state index >= 15 is 0 Å². The molecule has 0 aliphatic carbocycles. The van der Waals surface area contributed by atoms with Gasteiger partial charge in [-0.1, -0.05) is 70.4 Å². The number of esters is 1. The first-order valence-electron chi connectivity index (χ1n) is 10.6. The number of methoxy groups -OCH3 is 1. The van der Waals surface area contributed by atoms with E-state index in [1.165, 1.54) is 18.4 Å². The van der Waals surface area contributed by atoms with E-state index in [2.05, 4.69) is 44.4 Å². The summed E-state index contributed by atoms with van der Waals surface area (Å²) < 4.78 is 14.6. The number of fused-ring (bicyclic) bond motifs is 1. The number of allylic oxidation sites excluding steroid dienone is 1. The van der Waals surface area contributed by atoms with Crippen LogP contribution in [-0.4, -0.2) is 24.3 Å². The van der Waals surface area contributed by atoms with Gasteiger partial charge in [0.15, 0.2) is 4.80 Å². The van der Waals surface area contributed by atoms with Gasteiger partial charge < -0.3 is 9.47 Å². The van der Waals surface area contributed by atoms with Gasteiger partial charge in [0.05, 0.1) is 32.5 Å². The zero-order valence-electron chi connectivity index (χ0n) is 18.9. The molecule has 1 atom stereocenters. The van der Waals surface area contributed by atoms with Crippen molar-refractivity contribution in [3.63, 3.8) is 0 Å². The highest BCUT2D eigenvalue weighted by atomic mass is 127. The molecule has 0 spiro atoms. The minimum atomic E-state index is -0.642. The van der Waals surface area contributed by atoms with Gasteiger partial charge in [0.1, 0.15) is 12.4 Å². The summed E-state index contributed by atoms with van der Waals surface area (Å²) >= 11 is 6.96. The molecule has 178 valence electrons. The predicted octanol–water partition coefficient (Wildman–Crippen LogP) is 4.18. The van der Waals surface area contributed by atoms with Crippen LogP contribution in [-0.2, 0) is 9.53 Å². The maximum absolute atomic E-state index is 13.8. The van der Waals surface area contributed by atoms with Crippen LogP contribution >= 0.6 is 49.9 Å². The van der Waals surface area contributed by atoms with Crippen molar-refractivity contribution in [3.05, 3.63) is 92.6 Å². The van der Waals surface area contributed by atoms with Crippen LogP contribution in [0.25, 0.3) is 6.08 Å². The molecular formula is C26H20BrIN2O4S. The first-order chi connectivity index (χ1) is 16.9. The molecule has 35 heavy (non-hydrogen) atoms. The van der Waals surface area contributed by atoms with Crippen LogP contribution in [0.4, 0.5) is 0 Å². The fourth-order valence-corrected chi connectivity index (χ4v) is 6.63. The van der Waals surface area contributed by atoms with Crippen LogP contribution in [0.5, 0.6) is 5.75 Å². The van der Waals surface area contributed by atoms with Gasteiger partial charge in [-0.3, -0.25) is 9.36 Å². The number of terminal acetylenes is 1. The van der Waals surface area contributed by atoms with E-state index in [1.807, 2.05) is 49.4 Å². The van der Waals surface area contributed by atoms with Crippen molar-refractivity contribution in [3.8, 4) is 18.1 Å². The zero-order chi connectivity index (χ0) is 25.1. The van der Waals surface area contributed by atoms with Crippen molar-refractivity contribution < 1.29 is 14.3 Å². The number of benzene rings is 2. The molecule has 0 bridgehead atoms. The van der Waals surface area contributed by atoms with E-state index in [0.29, 0.717) is 38.3 Å². The lowest BCUT2D eigenvalue weighted by Crippen LogP contribution is -2.40. The average Bonchev–Trinajstić information content (AvgIpc) is 3.16. The molecular weight excluding hydrogens is 643 g/mol.